The summed E-state index contributed by atoms with van der Waals surface area (Å²) in [5.74, 6) is -1.20. The van der Waals surface area contributed by atoms with Gasteiger partial charge < -0.3 is 10.6 Å². The minimum Gasteiger partial charge on any atom is -0.339 e. The molecule has 22 heavy (non-hydrogen) atoms. The van der Waals surface area contributed by atoms with Crippen LogP contribution in [0.1, 0.15) is 28.7 Å². The lowest BCUT2D eigenvalue weighted by atomic mass is 10.2. The highest BCUT2D eigenvalue weighted by atomic mass is 19.1. The number of carbonyl (C=O) groups is 2. The van der Waals surface area contributed by atoms with Gasteiger partial charge >= 0.3 is 0 Å². The van der Waals surface area contributed by atoms with Crippen molar-refractivity contribution < 1.29 is 14.0 Å². The molecule has 1 heterocycles. The van der Waals surface area contributed by atoms with E-state index in [-0.39, 0.29) is 11.5 Å². The van der Waals surface area contributed by atoms with Gasteiger partial charge in [-0.1, -0.05) is 0 Å². The Bertz CT molecular complexity index is 711. The van der Waals surface area contributed by atoms with Gasteiger partial charge in [0.15, 0.2) is 0 Å². The van der Waals surface area contributed by atoms with Gasteiger partial charge in [-0.25, -0.2) is 4.39 Å². The summed E-state index contributed by atoms with van der Waals surface area (Å²) in [5.41, 5.74) is 2.08. The van der Waals surface area contributed by atoms with Crippen LogP contribution in [-0.2, 0) is 4.79 Å². The number of benzene rings is 1. The number of aromatic nitrogens is 2. The molecule has 0 aliphatic rings. The molecule has 0 aliphatic heterocycles. The molecule has 3 N–H and O–H groups in total. The summed E-state index contributed by atoms with van der Waals surface area (Å²) < 4.78 is 13.0. The number of rotatable bonds is 4. The Morgan fingerprint density at radius 1 is 1.27 bits per heavy atom. The number of hydrogen-bond acceptors (Lipinski definition) is 3. The van der Waals surface area contributed by atoms with Crippen molar-refractivity contribution in [1.82, 2.24) is 15.5 Å². The first-order valence-electron chi connectivity index (χ1n) is 6.76. The Kier molecular flexibility index (Phi) is 4.55. The summed E-state index contributed by atoms with van der Waals surface area (Å²) in [6.45, 7) is 5.03. The maximum atomic E-state index is 13.0. The predicted octanol–water partition coefficient (Wildman–Crippen LogP) is 1.92. The molecule has 116 valence electrons. The van der Waals surface area contributed by atoms with Crippen LogP contribution in [0.3, 0.4) is 0 Å². The highest BCUT2D eigenvalue weighted by Crippen LogP contribution is 2.15. The first-order chi connectivity index (χ1) is 10.4. The summed E-state index contributed by atoms with van der Waals surface area (Å²) in [6, 6.07) is 4.90. The highest BCUT2D eigenvalue weighted by molar-refractivity contribution is 6.00. The van der Waals surface area contributed by atoms with E-state index in [2.05, 4.69) is 20.8 Å². The van der Waals surface area contributed by atoms with Crippen LogP contribution < -0.4 is 10.6 Å². The number of carbonyl (C=O) groups excluding carboxylic acids is 2. The summed E-state index contributed by atoms with van der Waals surface area (Å²) >= 11 is 0. The molecular weight excluding hydrogens is 287 g/mol. The van der Waals surface area contributed by atoms with E-state index in [4.69, 9.17) is 0 Å². The van der Waals surface area contributed by atoms with Crippen LogP contribution in [0, 0.1) is 19.7 Å². The number of hydrogen-bond donors (Lipinski definition) is 3. The van der Waals surface area contributed by atoms with Crippen LogP contribution in [0.5, 0.6) is 0 Å². The van der Waals surface area contributed by atoms with Crippen molar-refractivity contribution in [2.75, 3.05) is 5.32 Å². The molecule has 0 bridgehead atoms. The molecule has 0 saturated heterocycles. The second-order valence-corrected chi connectivity index (χ2v) is 5.08. The summed E-state index contributed by atoms with van der Waals surface area (Å²) in [7, 11) is 0. The molecule has 0 radical (unpaired) electrons. The number of aromatic amines is 1. The Morgan fingerprint density at radius 3 is 2.59 bits per heavy atom. The zero-order valence-corrected chi connectivity index (χ0v) is 12.5. The molecule has 1 unspecified atom stereocenters. The molecule has 1 aromatic carbocycles. The van der Waals surface area contributed by atoms with Crippen molar-refractivity contribution in [2.45, 2.75) is 26.8 Å². The van der Waals surface area contributed by atoms with Gasteiger partial charge in [0.05, 0.1) is 0 Å². The maximum Gasteiger partial charge on any atom is 0.272 e. The normalized spacial score (nSPS) is 11.8. The highest BCUT2D eigenvalue weighted by Gasteiger charge is 2.18. The second-order valence-electron chi connectivity index (χ2n) is 5.08. The van der Waals surface area contributed by atoms with E-state index >= 15 is 0 Å². The van der Waals surface area contributed by atoms with Crippen LogP contribution >= 0.6 is 0 Å². The molecule has 0 spiro atoms. The lowest BCUT2D eigenvalue weighted by Crippen LogP contribution is -2.41. The van der Waals surface area contributed by atoms with Crippen molar-refractivity contribution >= 4 is 17.5 Å². The Balaban J connectivity index is 1.98. The molecular formula is C15H17FN4O2. The number of aryl methyl sites for hydroxylation is 2. The smallest absolute Gasteiger partial charge is 0.272 e. The first-order valence-corrected chi connectivity index (χ1v) is 6.76. The molecule has 7 heteroatoms. The van der Waals surface area contributed by atoms with Crippen LogP contribution in [0.4, 0.5) is 10.1 Å². The fourth-order valence-corrected chi connectivity index (χ4v) is 1.88. The van der Waals surface area contributed by atoms with Crippen LogP contribution in [0.15, 0.2) is 24.3 Å². The van der Waals surface area contributed by atoms with Gasteiger partial charge in [0, 0.05) is 11.4 Å². The predicted molar refractivity (Wildman–Crippen MR) is 80.0 cm³/mol. The van der Waals surface area contributed by atoms with E-state index in [1.165, 1.54) is 18.2 Å². The third-order valence-corrected chi connectivity index (χ3v) is 3.13. The maximum absolute atomic E-state index is 13.0. The van der Waals surface area contributed by atoms with E-state index in [9.17, 15) is 14.0 Å². The van der Waals surface area contributed by atoms with Gasteiger partial charge in [-0.3, -0.25) is 14.7 Å². The monoisotopic (exact) mass is 304 g/mol. The zero-order chi connectivity index (χ0) is 16.3. The first kappa shape index (κ1) is 15.7. The molecule has 2 rings (SSSR count). The number of amides is 2. The van der Waals surface area contributed by atoms with Gasteiger partial charge in [0.1, 0.15) is 17.6 Å². The average molecular weight is 304 g/mol. The Labute approximate surface area is 127 Å². The van der Waals surface area contributed by atoms with Crippen LogP contribution in [0.2, 0.25) is 0 Å². The fraction of sp³-hybridized carbons (Fsp3) is 0.267. The van der Waals surface area contributed by atoms with Crippen molar-refractivity contribution in [3.8, 4) is 0 Å². The summed E-state index contributed by atoms with van der Waals surface area (Å²) in [6.07, 6.45) is 0. The van der Waals surface area contributed by atoms with E-state index in [1.807, 2.05) is 0 Å². The third-order valence-electron chi connectivity index (χ3n) is 3.13. The Morgan fingerprint density at radius 2 is 2.00 bits per heavy atom. The van der Waals surface area contributed by atoms with Crippen molar-refractivity contribution in [3.63, 3.8) is 0 Å². The SMILES string of the molecule is Cc1cc(C(=O)NC(C)C(=O)Nc2ccc(F)cc2C)n[nH]1. The largest absolute Gasteiger partial charge is 0.339 e. The van der Waals surface area contributed by atoms with E-state index < -0.39 is 17.9 Å². The third kappa shape index (κ3) is 3.69. The molecule has 0 aliphatic carbocycles. The van der Waals surface area contributed by atoms with Gasteiger partial charge in [-0.05, 0) is 50.6 Å². The standard InChI is InChI=1S/C15H17FN4O2/c1-8-6-11(16)4-5-12(8)18-14(21)10(3)17-15(22)13-7-9(2)19-20-13/h4-7,10H,1-3H3,(H,17,22)(H,18,21)(H,19,20). The van der Waals surface area contributed by atoms with Crippen LogP contribution in [0.25, 0.3) is 0 Å². The number of nitrogens with one attached hydrogen (secondary N) is 3. The quantitative estimate of drug-likeness (QED) is 0.806. The fourth-order valence-electron chi connectivity index (χ4n) is 1.88. The number of H-pyrrole nitrogens is 1. The molecule has 2 aromatic rings. The molecule has 6 nitrogen and oxygen atoms in total. The number of halogens is 1. The van der Waals surface area contributed by atoms with E-state index in [0.29, 0.717) is 11.3 Å². The second kappa shape index (κ2) is 6.38. The van der Waals surface area contributed by atoms with E-state index in [1.54, 1.807) is 26.8 Å². The van der Waals surface area contributed by atoms with Crippen LogP contribution in [-0.4, -0.2) is 28.1 Å². The van der Waals surface area contributed by atoms with Crippen molar-refractivity contribution in [3.05, 3.63) is 47.0 Å². The molecule has 0 saturated carbocycles. The van der Waals surface area contributed by atoms with Crippen molar-refractivity contribution in [2.24, 2.45) is 0 Å². The topological polar surface area (TPSA) is 86.9 Å². The number of anilines is 1. The molecule has 0 fully saturated rings. The van der Waals surface area contributed by atoms with Gasteiger partial charge in [-0.15, -0.1) is 0 Å². The van der Waals surface area contributed by atoms with Gasteiger partial charge in [-0.2, -0.15) is 5.10 Å². The average Bonchev–Trinajstić information content (AvgIpc) is 2.88. The summed E-state index contributed by atoms with van der Waals surface area (Å²) in [4.78, 5) is 24.0. The Hall–Kier alpha value is -2.70. The summed E-state index contributed by atoms with van der Waals surface area (Å²) in [5, 5.41) is 11.7. The zero-order valence-electron chi connectivity index (χ0n) is 12.5. The molecule has 1 aromatic heterocycles. The van der Waals surface area contributed by atoms with Crippen molar-refractivity contribution in [1.29, 1.82) is 0 Å². The lowest BCUT2D eigenvalue weighted by Gasteiger charge is -2.14. The van der Waals surface area contributed by atoms with E-state index in [0.717, 1.165) is 5.69 Å². The molecule has 2 amide bonds. The molecule has 1 atom stereocenters. The minimum atomic E-state index is -0.756. The van der Waals surface area contributed by atoms with Gasteiger partial charge in [0.25, 0.3) is 5.91 Å². The lowest BCUT2D eigenvalue weighted by molar-refractivity contribution is -0.117. The minimum absolute atomic E-state index is 0.218. The number of nitrogens with zero attached hydrogens (tertiary/aromatic N) is 1. The van der Waals surface area contributed by atoms with Gasteiger partial charge in [0.2, 0.25) is 5.91 Å².